The van der Waals surface area contributed by atoms with Gasteiger partial charge in [0.1, 0.15) is 17.3 Å². The molecule has 160 valence electrons. The molecule has 0 atom stereocenters. The highest BCUT2D eigenvalue weighted by atomic mass is 32.2. The third-order valence-corrected chi connectivity index (χ3v) is 6.49. The summed E-state index contributed by atoms with van der Waals surface area (Å²) in [6.45, 7) is 0.936. The van der Waals surface area contributed by atoms with Gasteiger partial charge in [0.05, 0.1) is 25.9 Å². The molecule has 2 N–H and O–H groups in total. The number of benzene rings is 2. The minimum atomic E-state index is -3.87. The maximum absolute atomic E-state index is 13.0. The number of hydrogen-bond acceptors (Lipinski definition) is 7. The predicted octanol–water partition coefficient (Wildman–Crippen LogP) is 1.17. The highest BCUT2D eigenvalue weighted by Gasteiger charge is 2.30. The second-order valence-corrected chi connectivity index (χ2v) is 8.43. The van der Waals surface area contributed by atoms with E-state index in [4.69, 9.17) is 19.9 Å². The number of rotatable bonds is 7. The molecule has 1 amide bonds. The van der Waals surface area contributed by atoms with Gasteiger partial charge in [-0.05, 0) is 35.9 Å². The van der Waals surface area contributed by atoms with Gasteiger partial charge in [-0.25, -0.2) is 13.2 Å². The zero-order valence-corrected chi connectivity index (χ0v) is 17.2. The molecule has 3 rings (SSSR count). The van der Waals surface area contributed by atoms with Crippen LogP contribution in [0.25, 0.3) is 0 Å². The van der Waals surface area contributed by atoms with Crippen molar-refractivity contribution in [3.8, 4) is 5.75 Å². The Morgan fingerprint density at radius 3 is 2.50 bits per heavy atom. The van der Waals surface area contributed by atoms with E-state index in [1.165, 1.54) is 35.7 Å². The molecule has 30 heavy (non-hydrogen) atoms. The number of methoxy groups -OCH3 is 1. The molecule has 0 radical (unpaired) electrons. The second-order valence-electron chi connectivity index (χ2n) is 6.52. The maximum atomic E-state index is 13.0. The SMILES string of the molecule is COc1ccc(C(=O)OCc2cccc(C(N)=O)c2)cc1S(=O)(=O)N1CCOCC1. The van der Waals surface area contributed by atoms with Crippen molar-refractivity contribution in [2.24, 2.45) is 5.73 Å². The fourth-order valence-electron chi connectivity index (χ4n) is 2.98. The molecular weight excluding hydrogens is 412 g/mol. The second kappa shape index (κ2) is 9.24. The zero-order chi connectivity index (χ0) is 21.7. The van der Waals surface area contributed by atoms with E-state index in [1.807, 2.05) is 0 Å². The predicted molar refractivity (Wildman–Crippen MR) is 107 cm³/mol. The standard InChI is InChI=1S/C20H22N2O7S/c1-27-17-6-5-16(12-18(17)30(25,26)22-7-9-28-10-8-22)20(24)29-13-14-3-2-4-15(11-14)19(21)23/h2-6,11-12H,7-10,13H2,1H3,(H2,21,23). The van der Waals surface area contributed by atoms with Gasteiger partial charge in [0.2, 0.25) is 15.9 Å². The summed E-state index contributed by atoms with van der Waals surface area (Å²) < 4.78 is 43.0. The quantitative estimate of drug-likeness (QED) is 0.649. The Kier molecular flexibility index (Phi) is 6.70. The van der Waals surface area contributed by atoms with E-state index in [1.54, 1.807) is 18.2 Å². The van der Waals surface area contributed by atoms with Gasteiger partial charge >= 0.3 is 5.97 Å². The first-order valence-electron chi connectivity index (χ1n) is 9.14. The molecule has 0 aromatic heterocycles. The van der Waals surface area contributed by atoms with E-state index in [-0.39, 0.29) is 35.9 Å². The van der Waals surface area contributed by atoms with Crippen LogP contribution in [0.5, 0.6) is 5.75 Å². The molecule has 1 fully saturated rings. The van der Waals surface area contributed by atoms with Crippen molar-refractivity contribution in [2.45, 2.75) is 11.5 Å². The van der Waals surface area contributed by atoms with E-state index in [2.05, 4.69) is 0 Å². The summed E-state index contributed by atoms with van der Waals surface area (Å²) in [6, 6.07) is 10.5. The molecule has 1 aliphatic rings. The Bertz CT molecular complexity index is 1050. The van der Waals surface area contributed by atoms with Crippen molar-refractivity contribution in [3.05, 3.63) is 59.2 Å². The number of amides is 1. The van der Waals surface area contributed by atoms with Crippen molar-refractivity contribution < 1.29 is 32.2 Å². The van der Waals surface area contributed by atoms with Crippen LogP contribution in [-0.2, 0) is 26.1 Å². The van der Waals surface area contributed by atoms with Crippen LogP contribution in [0.3, 0.4) is 0 Å². The van der Waals surface area contributed by atoms with Gasteiger partial charge in [-0.3, -0.25) is 4.79 Å². The lowest BCUT2D eigenvalue weighted by molar-refractivity contribution is 0.0472. The van der Waals surface area contributed by atoms with Gasteiger partial charge in [-0.2, -0.15) is 4.31 Å². The molecule has 10 heteroatoms. The lowest BCUT2D eigenvalue weighted by Crippen LogP contribution is -2.40. The molecule has 1 aliphatic heterocycles. The average Bonchev–Trinajstić information content (AvgIpc) is 2.77. The molecule has 1 heterocycles. The Labute approximate surface area is 174 Å². The molecule has 2 aromatic rings. The Morgan fingerprint density at radius 2 is 1.83 bits per heavy atom. The highest BCUT2D eigenvalue weighted by Crippen LogP contribution is 2.28. The molecule has 0 unspecified atom stereocenters. The minimum absolute atomic E-state index is 0.0636. The third-order valence-electron chi connectivity index (χ3n) is 4.57. The van der Waals surface area contributed by atoms with Gasteiger partial charge in [-0.1, -0.05) is 12.1 Å². The number of nitrogens with zero attached hydrogens (tertiary/aromatic N) is 1. The largest absolute Gasteiger partial charge is 0.495 e. The Balaban J connectivity index is 1.81. The van der Waals surface area contributed by atoms with Crippen LogP contribution in [0.2, 0.25) is 0 Å². The summed E-state index contributed by atoms with van der Waals surface area (Å²) in [5.74, 6) is -1.16. The lowest BCUT2D eigenvalue weighted by atomic mass is 10.1. The smallest absolute Gasteiger partial charge is 0.338 e. The molecule has 0 aliphatic carbocycles. The molecule has 2 aromatic carbocycles. The Morgan fingerprint density at radius 1 is 1.10 bits per heavy atom. The van der Waals surface area contributed by atoms with Crippen molar-refractivity contribution in [1.29, 1.82) is 0 Å². The van der Waals surface area contributed by atoms with Crippen molar-refractivity contribution >= 4 is 21.9 Å². The van der Waals surface area contributed by atoms with Crippen LogP contribution in [0.1, 0.15) is 26.3 Å². The first-order valence-corrected chi connectivity index (χ1v) is 10.6. The number of primary amides is 1. The summed E-state index contributed by atoms with van der Waals surface area (Å²) in [7, 11) is -2.52. The van der Waals surface area contributed by atoms with E-state index in [0.717, 1.165) is 0 Å². The highest BCUT2D eigenvalue weighted by molar-refractivity contribution is 7.89. The number of morpholine rings is 1. The van der Waals surface area contributed by atoms with Crippen molar-refractivity contribution in [1.82, 2.24) is 4.31 Å². The zero-order valence-electron chi connectivity index (χ0n) is 16.4. The third kappa shape index (κ3) is 4.78. The number of sulfonamides is 1. The van der Waals surface area contributed by atoms with Crippen LogP contribution >= 0.6 is 0 Å². The van der Waals surface area contributed by atoms with E-state index in [0.29, 0.717) is 24.3 Å². The van der Waals surface area contributed by atoms with E-state index in [9.17, 15) is 18.0 Å². The summed E-state index contributed by atoms with van der Waals surface area (Å²) in [4.78, 5) is 23.7. The van der Waals surface area contributed by atoms with Crippen molar-refractivity contribution in [3.63, 3.8) is 0 Å². The summed E-state index contributed by atoms with van der Waals surface area (Å²) in [6.07, 6.45) is 0. The number of hydrogen-bond donors (Lipinski definition) is 1. The molecule has 9 nitrogen and oxygen atoms in total. The molecule has 0 spiro atoms. The first kappa shape index (κ1) is 21.8. The number of esters is 1. The number of nitrogens with two attached hydrogens (primary N) is 1. The van der Waals surface area contributed by atoms with Gasteiger partial charge in [0.25, 0.3) is 0 Å². The minimum Gasteiger partial charge on any atom is -0.495 e. The monoisotopic (exact) mass is 434 g/mol. The molecular formula is C20H22N2O7S. The fourth-order valence-corrected chi connectivity index (χ4v) is 4.57. The van der Waals surface area contributed by atoms with Crippen LogP contribution in [0, 0.1) is 0 Å². The van der Waals surface area contributed by atoms with Gasteiger partial charge in [0.15, 0.2) is 0 Å². The number of carbonyl (C=O) groups is 2. The van der Waals surface area contributed by atoms with E-state index < -0.39 is 21.9 Å². The molecule has 0 saturated carbocycles. The molecule has 1 saturated heterocycles. The normalized spacial score (nSPS) is 14.8. The summed E-state index contributed by atoms with van der Waals surface area (Å²) in [5, 5.41) is 0. The average molecular weight is 434 g/mol. The number of carbonyl (C=O) groups excluding carboxylic acids is 2. The molecule has 0 bridgehead atoms. The van der Waals surface area contributed by atoms with Crippen LogP contribution in [0.4, 0.5) is 0 Å². The summed E-state index contributed by atoms with van der Waals surface area (Å²) >= 11 is 0. The lowest BCUT2D eigenvalue weighted by Gasteiger charge is -2.26. The van der Waals surface area contributed by atoms with Gasteiger partial charge in [-0.15, -0.1) is 0 Å². The van der Waals surface area contributed by atoms with Crippen LogP contribution < -0.4 is 10.5 Å². The first-order chi connectivity index (χ1) is 14.3. The van der Waals surface area contributed by atoms with Crippen LogP contribution in [0.15, 0.2) is 47.4 Å². The topological polar surface area (TPSA) is 125 Å². The Hall–Kier alpha value is -2.95. The van der Waals surface area contributed by atoms with Gasteiger partial charge in [0, 0.05) is 18.7 Å². The van der Waals surface area contributed by atoms with Crippen LogP contribution in [-0.4, -0.2) is 58.0 Å². The fraction of sp³-hybridized carbons (Fsp3) is 0.300. The maximum Gasteiger partial charge on any atom is 0.338 e. The number of ether oxygens (including phenoxy) is 3. The van der Waals surface area contributed by atoms with E-state index >= 15 is 0 Å². The van der Waals surface area contributed by atoms with Gasteiger partial charge < -0.3 is 19.9 Å². The van der Waals surface area contributed by atoms with Crippen molar-refractivity contribution in [2.75, 3.05) is 33.4 Å². The summed E-state index contributed by atoms with van der Waals surface area (Å²) in [5.41, 5.74) is 6.19.